The van der Waals surface area contributed by atoms with E-state index >= 15 is 0 Å². The molecule has 0 fully saturated rings. The van der Waals surface area contributed by atoms with Crippen LogP contribution in [0.5, 0.6) is 6.01 Å². The van der Waals surface area contributed by atoms with Gasteiger partial charge in [-0.2, -0.15) is 15.0 Å². The lowest BCUT2D eigenvalue weighted by Crippen LogP contribution is -2.09. The molecule has 0 saturated carbocycles. The van der Waals surface area contributed by atoms with Gasteiger partial charge in [-0.3, -0.25) is 0 Å². The second-order valence-corrected chi connectivity index (χ2v) is 5.55. The quantitative estimate of drug-likeness (QED) is 0.859. The molecule has 0 atom stereocenters. The largest absolute Gasteiger partial charge is 0.461 e. The van der Waals surface area contributed by atoms with E-state index in [1.807, 2.05) is 45.0 Å². The normalized spacial score (nSPS) is 10.8. The zero-order valence-corrected chi connectivity index (χ0v) is 12.5. The maximum absolute atomic E-state index is 5.88. The third kappa shape index (κ3) is 4.08. The highest BCUT2D eigenvalue weighted by molar-refractivity contribution is 7.99. The Hall–Kier alpha value is -1.33. The van der Waals surface area contributed by atoms with Gasteiger partial charge in [0.1, 0.15) is 0 Å². The average Bonchev–Trinajstić information content (AvgIpc) is 2.30. The first kappa shape index (κ1) is 14.1. The second kappa shape index (κ2) is 6.21. The van der Waals surface area contributed by atoms with E-state index < -0.39 is 0 Å². The summed E-state index contributed by atoms with van der Waals surface area (Å²) in [6.07, 6.45) is -0.00484. The molecule has 0 aliphatic carbocycles. The van der Waals surface area contributed by atoms with Crippen LogP contribution in [0, 0.1) is 6.92 Å². The van der Waals surface area contributed by atoms with E-state index in [1.54, 1.807) is 0 Å². The summed E-state index contributed by atoms with van der Waals surface area (Å²) in [5, 5.41) is 0.673. The van der Waals surface area contributed by atoms with Gasteiger partial charge in [-0.05, 0) is 55.8 Å². The van der Waals surface area contributed by atoms with Gasteiger partial charge in [0.25, 0.3) is 0 Å². The molecule has 4 nitrogen and oxygen atoms in total. The van der Waals surface area contributed by atoms with E-state index in [2.05, 4.69) is 15.0 Å². The van der Waals surface area contributed by atoms with E-state index in [0.29, 0.717) is 5.16 Å². The SMILES string of the molecule is Cc1ccccc1Sc1nc(Cl)nc(OC(C)C)n1. The van der Waals surface area contributed by atoms with Gasteiger partial charge < -0.3 is 4.74 Å². The number of benzene rings is 1. The number of nitrogens with zero attached hydrogens (tertiary/aromatic N) is 3. The first-order valence-corrected chi connectivity index (χ1v) is 7.06. The lowest BCUT2D eigenvalue weighted by Gasteiger charge is -2.09. The Morgan fingerprint density at radius 1 is 1.16 bits per heavy atom. The van der Waals surface area contributed by atoms with Crippen LogP contribution >= 0.6 is 23.4 Å². The van der Waals surface area contributed by atoms with Crippen molar-refractivity contribution in [2.45, 2.75) is 36.9 Å². The van der Waals surface area contributed by atoms with Crippen molar-refractivity contribution in [3.05, 3.63) is 35.1 Å². The Labute approximate surface area is 121 Å². The number of aromatic nitrogens is 3. The Balaban J connectivity index is 2.25. The van der Waals surface area contributed by atoms with E-state index in [9.17, 15) is 0 Å². The summed E-state index contributed by atoms with van der Waals surface area (Å²) < 4.78 is 5.44. The van der Waals surface area contributed by atoms with Crippen LogP contribution in [-0.2, 0) is 0 Å². The predicted molar refractivity (Wildman–Crippen MR) is 75.9 cm³/mol. The minimum Gasteiger partial charge on any atom is -0.461 e. The molecule has 19 heavy (non-hydrogen) atoms. The zero-order chi connectivity index (χ0) is 13.8. The van der Waals surface area contributed by atoms with Crippen LogP contribution in [-0.4, -0.2) is 21.1 Å². The first-order chi connectivity index (χ1) is 9.04. The monoisotopic (exact) mass is 295 g/mol. The van der Waals surface area contributed by atoms with Crippen LogP contribution < -0.4 is 4.74 Å². The summed E-state index contributed by atoms with van der Waals surface area (Å²) in [5.41, 5.74) is 1.16. The predicted octanol–water partition coefficient (Wildman–Crippen LogP) is 3.77. The topological polar surface area (TPSA) is 47.9 Å². The molecule has 2 rings (SSSR count). The summed E-state index contributed by atoms with van der Waals surface area (Å²) in [5.74, 6) is 0. The highest BCUT2D eigenvalue weighted by atomic mass is 35.5. The van der Waals surface area contributed by atoms with Crippen molar-refractivity contribution in [1.29, 1.82) is 0 Å². The van der Waals surface area contributed by atoms with Crippen molar-refractivity contribution in [1.82, 2.24) is 15.0 Å². The molecular weight excluding hydrogens is 282 g/mol. The molecule has 0 amide bonds. The highest BCUT2D eigenvalue weighted by Crippen LogP contribution is 2.28. The van der Waals surface area contributed by atoms with Crippen molar-refractivity contribution < 1.29 is 4.74 Å². The molecule has 0 aliphatic heterocycles. The number of halogens is 1. The van der Waals surface area contributed by atoms with Gasteiger partial charge in [-0.1, -0.05) is 18.2 Å². The smallest absolute Gasteiger partial charge is 0.322 e. The van der Waals surface area contributed by atoms with Crippen molar-refractivity contribution in [2.75, 3.05) is 0 Å². The number of ether oxygens (including phenoxy) is 1. The van der Waals surface area contributed by atoms with Gasteiger partial charge in [0.2, 0.25) is 5.28 Å². The van der Waals surface area contributed by atoms with Crippen LogP contribution in [0.4, 0.5) is 0 Å². The van der Waals surface area contributed by atoms with Crippen LogP contribution in [0.1, 0.15) is 19.4 Å². The van der Waals surface area contributed by atoms with Gasteiger partial charge in [-0.15, -0.1) is 0 Å². The summed E-state index contributed by atoms with van der Waals surface area (Å²) in [6.45, 7) is 5.86. The summed E-state index contributed by atoms with van der Waals surface area (Å²) >= 11 is 7.33. The third-order valence-electron chi connectivity index (χ3n) is 2.20. The maximum atomic E-state index is 5.88. The summed E-state index contributed by atoms with van der Waals surface area (Å²) in [6, 6.07) is 8.28. The zero-order valence-electron chi connectivity index (χ0n) is 10.9. The molecule has 0 unspecified atom stereocenters. The van der Waals surface area contributed by atoms with Gasteiger partial charge in [0, 0.05) is 4.90 Å². The van der Waals surface area contributed by atoms with Crippen molar-refractivity contribution >= 4 is 23.4 Å². The van der Waals surface area contributed by atoms with E-state index in [1.165, 1.54) is 11.8 Å². The molecule has 0 spiro atoms. The van der Waals surface area contributed by atoms with Crippen molar-refractivity contribution in [3.63, 3.8) is 0 Å². The van der Waals surface area contributed by atoms with Crippen LogP contribution in [0.2, 0.25) is 5.28 Å². The van der Waals surface area contributed by atoms with Gasteiger partial charge in [-0.25, -0.2) is 0 Å². The summed E-state index contributed by atoms with van der Waals surface area (Å²) in [7, 11) is 0. The van der Waals surface area contributed by atoms with Crippen molar-refractivity contribution in [3.8, 4) is 6.01 Å². The second-order valence-electron chi connectivity index (χ2n) is 4.20. The van der Waals surface area contributed by atoms with Gasteiger partial charge in [0.15, 0.2) is 5.16 Å². The van der Waals surface area contributed by atoms with Gasteiger partial charge >= 0.3 is 6.01 Å². The van der Waals surface area contributed by atoms with Gasteiger partial charge in [0.05, 0.1) is 6.10 Å². The Morgan fingerprint density at radius 2 is 1.89 bits per heavy atom. The van der Waals surface area contributed by atoms with Crippen LogP contribution in [0.15, 0.2) is 34.3 Å². The number of aryl methyl sites for hydroxylation is 1. The number of hydrogen-bond donors (Lipinski definition) is 0. The first-order valence-electron chi connectivity index (χ1n) is 5.86. The molecule has 0 bridgehead atoms. The molecule has 0 radical (unpaired) electrons. The Morgan fingerprint density at radius 3 is 2.58 bits per heavy atom. The molecule has 1 aromatic carbocycles. The van der Waals surface area contributed by atoms with Crippen LogP contribution in [0.25, 0.3) is 0 Å². The molecular formula is C13H14ClN3OS. The minimum absolute atomic E-state index is 0.00484. The lowest BCUT2D eigenvalue weighted by molar-refractivity contribution is 0.219. The standard InChI is InChI=1S/C13H14ClN3OS/c1-8(2)18-12-15-11(14)16-13(17-12)19-10-7-5-4-6-9(10)3/h4-8H,1-3H3. The highest BCUT2D eigenvalue weighted by Gasteiger charge is 2.10. The third-order valence-corrected chi connectivity index (χ3v) is 3.42. The molecule has 0 aliphatic rings. The van der Waals surface area contributed by atoms with E-state index in [-0.39, 0.29) is 17.4 Å². The maximum Gasteiger partial charge on any atom is 0.322 e. The number of hydrogen-bond acceptors (Lipinski definition) is 5. The molecule has 2 aromatic rings. The molecule has 1 aromatic heterocycles. The molecule has 0 saturated heterocycles. The number of rotatable bonds is 4. The minimum atomic E-state index is -0.00484. The summed E-state index contributed by atoms with van der Waals surface area (Å²) in [4.78, 5) is 13.4. The molecule has 1 heterocycles. The fraction of sp³-hybridized carbons (Fsp3) is 0.308. The average molecular weight is 296 g/mol. The fourth-order valence-electron chi connectivity index (χ4n) is 1.39. The van der Waals surface area contributed by atoms with E-state index in [4.69, 9.17) is 16.3 Å². The molecule has 100 valence electrons. The molecule has 6 heteroatoms. The Kier molecular flexibility index (Phi) is 4.61. The van der Waals surface area contributed by atoms with Crippen LogP contribution in [0.3, 0.4) is 0 Å². The molecule has 0 N–H and O–H groups in total. The fourth-order valence-corrected chi connectivity index (χ4v) is 2.42. The Bertz CT molecular complexity index is 578. The van der Waals surface area contributed by atoms with E-state index in [0.717, 1.165) is 10.5 Å². The lowest BCUT2D eigenvalue weighted by atomic mass is 10.2. The van der Waals surface area contributed by atoms with Crippen molar-refractivity contribution in [2.24, 2.45) is 0 Å².